The Kier molecular flexibility index (Phi) is 6.36. The molecule has 4 rings (SSSR count). The van der Waals surface area contributed by atoms with Crippen molar-refractivity contribution in [3.05, 3.63) is 61.4 Å². The van der Waals surface area contributed by atoms with Gasteiger partial charge in [-0.05, 0) is 41.9 Å². The number of nitrogen functional groups attached to an aromatic ring is 1. The number of nitrogens with two attached hydrogens (primary N) is 2. The van der Waals surface area contributed by atoms with Crippen molar-refractivity contribution >= 4 is 44.2 Å². The molecule has 11 heteroatoms. The molecule has 3 aromatic rings. The molecule has 1 aliphatic heterocycles. The highest BCUT2D eigenvalue weighted by Gasteiger charge is 2.32. The zero-order chi connectivity index (χ0) is 24.9. The second kappa shape index (κ2) is 8.97. The van der Waals surface area contributed by atoms with E-state index in [4.69, 9.17) is 16.2 Å². The summed E-state index contributed by atoms with van der Waals surface area (Å²) >= 11 is 3.45. The third-order valence-corrected chi connectivity index (χ3v) is 6.64. The predicted molar refractivity (Wildman–Crippen MR) is 128 cm³/mol. The van der Waals surface area contributed by atoms with E-state index in [1.165, 1.54) is 23.8 Å². The van der Waals surface area contributed by atoms with Crippen LogP contribution in [0.3, 0.4) is 0 Å². The van der Waals surface area contributed by atoms with E-state index in [1.807, 2.05) is 0 Å². The number of aromatic nitrogens is 1. The number of carbonyl (C=O) groups excluding carboxylic acids is 1. The van der Waals surface area contributed by atoms with Crippen LogP contribution in [0.25, 0.3) is 16.6 Å². The summed E-state index contributed by atoms with van der Waals surface area (Å²) in [6.45, 7) is 3.33. The average Bonchev–Trinajstić information content (AvgIpc) is 2.77. The number of esters is 1. The summed E-state index contributed by atoms with van der Waals surface area (Å²) in [5, 5.41) is 9.84. The molecule has 2 aromatic carbocycles. The number of nitrogens with zero attached hydrogens (tertiary/aromatic N) is 2. The summed E-state index contributed by atoms with van der Waals surface area (Å²) in [6.07, 6.45) is 1.24. The second-order valence-electron chi connectivity index (χ2n) is 8.11. The van der Waals surface area contributed by atoms with Crippen LogP contribution in [-0.2, 0) is 11.3 Å². The third-order valence-electron chi connectivity index (χ3n) is 5.88. The number of fused-ring (bicyclic) bond motifs is 1. The van der Waals surface area contributed by atoms with Crippen LogP contribution in [0.15, 0.2) is 27.6 Å². The molecule has 0 radical (unpaired) electrons. The van der Waals surface area contributed by atoms with Gasteiger partial charge in [0.25, 0.3) is 0 Å². The van der Waals surface area contributed by atoms with Gasteiger partial charge in [-0.15, -0.1) is 0 Å². The number of hydrogen-bond donors (Lipinski definition) is 3. The van der Waals surface area contributed by atoms with Gasteiger partial charge in [0.1, 0.15) is 11.4 Å². The number of rotatable bonds is 5. The van der Waals surface area contributed by atoms with Gasteiger partial charge in [0.05, 0.1) is 45.7 Å². The van der Waals surface area contributed by atoms with E-state index >= 15 is 4.39 Å². The molecule has 0 unspecified atom stereocenters. The Morgan fingerprint density at radius 3 is 2.59 bits per heavy atom. The molecule has 0 amide bonds. The Bertz CT molecular complexity index is 1390. The number of benzene rings is 2. The minimum atomic E-state index is -0.891. The van der Waals surface area contributed by atoms with Gasteiger partial charge in [0.2, 0.25) is 5.43 Å². The maximum Gasteiger partial charge on any atom is 0.343 e. The summed E-state index contributed by atoms with van der Waals surface area (Å²) in [5.74, 6) is -2.25. The Balaban J connectivity index is 2.18. The molecule has 1 aliphatic rings. The van der Waals surface area contributed by atoms with Crippen LogP contribution in [0.4, 0.5) is 20.2 Å². The first-order chi connectivity index (χ1) is 16.1. The lowest BCUT2D eigenvalue weighted by Crippen LogP contribution is -2.56. The molecule has 5 N–H and O–H groups in total. The molecule has 0 aliphatic carbocycles. The predicted octanol–water partition coefficient (Wildman–Crippen LogP) is 2.74. The van der Waals surface area contributed by atoms with Gasteiger partial charge in [-0.2, -0.15) is 0 Å². The van der Waals surface area contributed by atoms with Crippen molar-refractivity contribution < 1.29 is 23.4 Å². The SMILES string of the molecule is CCOC(=O)c1cn(-c2cc(N)c(F)cc2CO)c2c(Br)c(N3CC(N)C3)c(F)c(C)c2c1=O. The van der Waals surface area contributed by atoms with Crippen LogP contribution >= 0.6 is 15.9 Å². The number of hydrogen-bond acceptors (Lipinski definition) is 7. The van der Waals surface area contributed by atoms with E-state index in [9.17, 15) is 19.1 Å². The zero-order valence-electron chi connectivity index (χ0n) is 18.5. The lowest BCUT2D eigenvalue weighted by Gasteiger charge is -2.40. The maximum atomic E-state index is 15.6. The molecule has 1 fully saturated rings. The fourth-order valence-electron chi connectivity index (χ4n) is 4.16. The van der Waals surface area contributed by atoms with Crippen LogP contribution in [0.2, 0.25) is 0 Å². The standard InChI is InChI=1S/C23H23BrF2N4O4/c1-3-34-23(33)13-8-30(16-5-15(28)14(25)4-11(16)9-31)20-17(22(13)32)10(2)19(26)21(18(20)24)29-6-12(27)7-29/h4-5,8,12,31H,3,6-7,9,27-28H2,1-2H3. The van der Waals surface area contributed by atoms with E-state index in [0.717, 1.165) is 6.07 Å². The first-order valence-electron chi connectivity index (χ1n) is 10.5. The van der Waals surface area contributed by atoms with Gasteiger partial charge in [0.15, 0.2) is 5.82 Å². The van der Waals surface area contributed by atoms with Crippen LogP contribution in [0.5, 0.6) is 0 Å². The molecule has 0 spiro atoms. The Morgan fingerprint density at radius 2 is 2.00 bits per heavy atom. The van der Waals surface area contributed by atoms with Gasteiger partial charge in [-0.3, -0.25) is 4.79 Å². The molecule has 0 atom stereocenters. The monoisotopic (exact) mass is 536 g/mol. The van der Waals surface area contributed by atoms with Crippen molar-refractivity contribution in [1.82, 2.24) is 4.57 Å². The first kappa shape index (κ1) is 24.1. The molecule has 2 heterocycles. The summed E-state index contributed by atoms with van der Waals surface area (Å²) in [6, 6.07) is 2.23. The topological polar surface area (TPSA) is 124 Å². The van der Waals surface area contributed by atoms with Gasteiger partial charge in [-0.25, -0.2) is 13.6 Å². The van der Waals surface area contributed by atoms with Crippen molar-refractivity contribution in [3.63, 3.8) is 0 Å². The van der Waals surface area contributed by atoms with Crippen LogP contribution in [0, 0.1) is 18.6 Å². The number of ether oxygens (including phenoxy) is 1. The molecule has 0 saturated carbocycles. The minimum Gasteiger partial charge on any atom is -0.462 e. The van der Waals surface area contributed by atoms with E-state index in [2.05, 4.69) is 15.9 Å². The van der Waals surface area contributed by atoms with E-state index < -0.39 is 29.6 Å². The van der Waals surface area contributed by atoms with E-state index in [0.29, 0.717) is 13.1 Å². The molecular formula is C23H23BrF2N4O4. The molecular weight excluding hydrogens is 514 g/mol. The summed E-state index contributed by atoms with van der Waals surface area (Å²) in [7, 11) is 0. The number of aryl methyl sites for hydroxylation is 1. The number of pyridine rings is 1. The van der Waals surface area contributed by atoms with Crippen LogP contribution < -0.4 is 21.8 Å². The molecule has 0 bridgehead atoms. The number of aliphatic hydroxyl groups excluding tert-OH is 1. The number of halogens is 3. The Morgan fingerprint density at radius 1 is 1.32 bits per heavy atom. The summed E-state index contributed by atoms with van der Waals surface area (Å²) < 4.78 is 36.4. The highest BCUT2D eigenvalue weighted by molar-refractivity contribution is 9.10. The highest BCUT2D eigenvalue weighted by Crippen LogP contribution is 2.41. The fraction of sp³-hybridized carbons (Fsp3) is 0.304. The van der Waals surface area contributed by atoms with Crippen LogP contribution in [-0.4, -0.2) is 41.4 Å². The Hall–Kier alpha value is -3.02. The van der Waals surface area contributed by atoms with Crippen molar-refractivity contribution in [1.29, 1.82) is 0 Å². The number of carbonyl (C=O) groups is 1. The zero-order valence-corrected chi connectivity index (χ0v) is 20.1. The van der Waals surface area contributed by atoms with Crippen molar-refractivity contribution in [2.75, 3.05) is 30.3 Å². The summed E-state index contributed by atoms with van der Waals surface area (Å²) in [4.78, 5) is 27.7. The third kappa shape index (κ3) is 3.73. The normalized spacial score (nSPS) is 13.9. The largest absolute Gasteiger partial charge is 0.462 e. The lowest BCUT2D eigenvalue weighted by atomic mass is 10.0. The van der Waals surface area contributed by atoms with E-state index in [1.54, 1.807) is 11.8 Å². The van der Waals surface area contributed by atoms with Crippen LogP contribution in [0.1, 0.15) is 28.4 Å². The number of anilines is 2. The second-order valence-corrected chi connectivity index (χ2v) is 8.91. The van der Waals surface area contributed by atoms with Crippen molar-refractivity contribution in [2.45, 2.75) is 26.5 Å². The fourth-order valence-corrected chi connectivity index (χ4v) is 4.98. The quantitative estimate of drug-likeness (QED) is 0.338. The average molecular weight is 537 g/mol. The molecule has 1 saturated heterocycles. The number of aliphatic hydroxyl groups is 1. The maximum absolute atomic E-state index is 15.6. The first-order valence-corrected chi connectivity index (χ1v) is 11.3. The minimum absolute atomic E-state index is 0.0207. The molecule has 1 aromatic heterocycles. The van der Waals surface area contributed by atoms with Gasteiger partial charge in [-0.1, -0.05) is 0 Å². The van der Waals surface area contributed by atoms with Crippen molar-refractivity contribution in [3.8, 4) is 5.69 Å². The lowest BCUT2D eigenvalue weighted by molar-refractivity contribution is 0.0524. The highest BCUT2D eigenvalue weighted by atomic mass is 79.9. The molecule has 34 heavy (non-hydrogen) atoms. The van der Waals surface area contributed by atoms with Crippen molar-refractivity contribution in [2.24, 2.45) is 5.73 Å². The van der Waals surface area contributed by atoms with Gasteiger partial charge in [0, 0.05) is 36.5 Å². The molecule has 180 valence electrons. The summed E-state index contributed by atoms with van der Waals surface area (Å²) in [5.41, 5.74) is 11.3. The Labute approximate surface area is 201 Å². The molecule has 8 nitrogen and oxygen atoms in total. The van der Waals surface area contributed by atoms with Gasteiger partial charge < -0.3 is 30.8 Å². The van der Waals surface area contributed by atoms with Gasteiger partial charge >= 0.3 is 5.97 Å². The van der Waals surface area contributed by atoms with E-state index in [-0.39, 0.29) is 61.8 Å². The smallest absolute Gasteiger partial charge is 0.343 e.